The van der Waals surface area contributed by atoms with Gasteiger partial charge < -0.3 is 0 Å². The summed E-state index contributed by atoms with van der Waals surface area (Å²) in [6, 6.07) is 16.5. The second-order valence-electron chi connectivity index (χ2n) is 4.53. The molecule has 0 saturated carbocycles. The van der Waals surface area contributed by atoms with Crippen molar-refractivity contribution in [2.45, 2.75) is 6.54 Å². The van der Waals surface area contributed by atoms with Crippen LogP contribution in [0, 0.1) is 0 Å². The van der Waals surface area contributed by atoms with E-state index in [1.807, 2.05) is 41.2 Å². The molecule has 0 aliphatic carbocycles. The van der Waals surface area contributed by atoms with Gasteiger partial charge in [-0.05, 0) is 29.3 Å². The summed E-state index contributed by atoms with van der Waals surface area (Å²) >= 11 is 7.02. The monoisotopic (exact) mass is 390 g/mol. The predicted octanol–water partition coefficient (Wildman–Crippen LogP) is 5.12. The summed E-state index contributed by atoms with van der Waals surface area (Å²) < 4.78 is 4.14. The lowest BCUT2D eigenvalue weighted by Gasteiger charge is -2.02. The molecule has 0 amide bonds. The first-order valence-corrected chi connectivity index (χ1v) is 7.83. The quantitative estimate of drug-likeness (QED) is 0.605. The van der Waals surface area contributed by atoms with Gasteiger partial charge in [0.15, 0.2) is 0 Å². The Hall–Kier alpha value is -1.39. The van der Waals surface area contributed by atoms with Crippen LogP contribution in [-0.4, -0.2) is 9.78 Å². The molecule has 2 nitrogen and oxygen atoms in total. The lowest BCUT2D eigenvalue weighted by atomic mass is 10.1. The van der Waals surface area contributed by atoms with E-state index in [0.717, 1.165) is 26.6 Å². The van der Waals surface area contributed by atoms with E-state index in [2.05, 4.69) is 61.4 Å². The van der Waals surface area contributed by atoms with E-state index in [4.69, 9.17) is 0 Å². The van der Waals surface area contributed by atoms with Gasteiger partial charge in [0.25, 0.3) is 0 Å². The number of hydrogen-bond donors (Lipinski definition) is 0. The smallest absolute Gasteiger partial charge is 0.0659 e. The van der Waals surface area contributed by atoms with Gasteiger partial charge in [-0.15, -0.1) is 0 Å². The molecule has 0 spiro atoms. The van der Waals surface area contributed by atoms with Crippen molar-refractivity contribution in [2.24, 2.45) is 0 Å². The number of hydrogen-bond acceptors (Lipinski definition) is 1. The van der Waals surface area contributed by atoms with Crippen molar-refractivity contribution >= 4 is 31.9 Å². The van der Waals surface area contributed by atoms with Gasteiger partial charge in [0.2, 0.25) is 0 Å². The Morgan fingerprint density at radius 1 is 0.950 bits per heavy atom. The minimum atomic E-state index is 0.776. The van der Waals surface area contributed by atoms with E-state index in [0.29, 0.717) is 0 Å². The number of aromatic nitrogens is 2. The zero-order chi connectivity index (χ0) is 13.9. The molecular formula is C16H12Br2N2. The highest BCUT2D eigenvalue weighted by Crippen LogP contribution is 2.27. The summed E-state index contributed by atoms with van der Waals surface area (Å²) in [7, 11) is 0. The molecule has 3 rings (SSSR count). The second-order valence-corrected chi connectivity index (χ2v) is 6.30. The van der Waals surface area contributed by atoms with Crippen LogP contribution in [0.5, 0.6) is 0 Å². The predicted molar refractivity (Wildman–Crippen MR) is 88.6 cm³/mol. The van der Waals surface area contributed by atoms with Crippen LogP contribution in [-0.2, 0) is 6.54 Å². The van der Waals surface area contributed by atoms with E-state index in [-0.39, 0.29) is 0 Å². The van der Waals surface area contributed by atoms with Crippen LogP contribution in [0.2, 0.25) is 0 Å². The van der Waals surface area contributed by atoms with Crippen molar-refractivity contribution in [1.82, 2.24) is 9.78 Å². The Morgan fingerprint density at radius 2 is 1.70 bits per heavy atom. The van der Waals surface area contributed by atoms with E-state index in [1.165, 1.54) is 5.56 Å². The third-order valence-electron chi connectivity index (χ3n) is 3.08. The van der Waals surface area contributed by atoms with Gasteiger partial charge in [-0.2, -0.15) is 5.10 Å². The lowest BCUT2D eigenvalue weighted by molar-refractivity contribution is 0.687. The maximum Gasteiger partial charge on any atom is 0.0659 e. The molecule has 0 radical (unpaired) electrons. The van der Waals surface area contributed by atoms with Gasteiger partial charge in [0, 0.05) is 20.7 Å². The van der Waals surface area contributed by atoms with Crippen molar-refractivity contribution in [1.29, 1.82) is 0 Å². The minimum Gasteiger partial charge on any atom is -0.268 e. The molecule has 100 valence electrons. The van der Waals surface area contributed by atoms with E-state index < -0.39 is 0 Å². The standard InChI is InChI=1S/C16H12Br2N2/c17-14-7-5-12(6-8-14)10-20-11-13(9-19-20)15-3-1-2-4-16(15)18/h1-9,11H,10H2. The maximum atomic E-state index is 4.44. The Labute approximate surface area is 134 Å². The number of benzene rings is 2. The average molecular weight is 392 g/mol. The highest BCUT2D eigenvalue weighted by Gasteiger charge is 2.05. The van der Waals surface area contributed by atoms with Crippen LogP contribution in [0.15, 0.2) is 69.9 Å². The van der Waals surface area contributed by atoms with Gasteiger partial charge in [0.05, 0.1) is 12.7 Å². The third-order valence-corrected chi connectivity index (χ3v) is 4.30. The molecule has 0 aliphatic rings. The first-order chi connectivity index (χ1) is 9.72. The average Bonchev–Trinajstić information content (AvgIpc) is 2.90. The zero-order valence-corrected chi connectivity index (χ0v) is 13.8. The van der Waals surface area contributed by atoms with Crippen molar-refractivity contribution in [3.8, 4) is 11.1 Å². The fraction of sp³-hybridized carbons (Fsp3) is 0.0625. The van der Waals surface area contributed by atoms with E-state index in [1.54, 1.807) is 0 Å². The summed E-state index contributed by atoms with van der Waals surface area (Å²) in [5.41, 5.74) is 3.51. The Bertz CT molecular complexity index is 717. The molecule has 0 bridgehead atoms. The first kappa shape index (κ1) is 13.6. The van der Waals surface area contributed by atoms with Crippen LogP contribution >= 0.6 is 31.9 Å². The molecule has 4 heteroatoms. The largest absolute Gasteiger partial charge is 0.268 e. The lowest BCUT2D eigenvalue weighted by Crippen LogP contribution is -1.99. The molecule has 20 heavy (non-hydrogen) atoms. The molecular weight excluding hydrogens is 380 g/mol. The van der Waals surface area contributed by atoms with Crippen LogP contribution < -0.4 is 0 Å². The zero-order valence-electron chi connectivity index (χ0n) is 10.6. The topological polar surface area (TPSA) is 17.8 Å². The fourth-order valence-corrected chi connectivity index (χ4v) is 2.84. The van der Waals surface area contributed by atoms with E-state index in [9.17, 15) is 0 Å². The molecule has 3 aromatic rings. The number of halogens is 2. The van der Waals surface area contributed by atoms with Crippen molar-refractivity contribution in [3.63, 3.8) is 0 Å². The number of nitrogens with zero attached hydrogens (tertiary/aromatic N) is 2. The Balaban J connectivity index is 1.84. The highest BCUT2D eigenvalue weighted by molar-refractivity contribution is 9.10. The summed E-state index contributed by atoms with van der Waals surface area (Å²) in [6.07, 6.45) is 3.97. The van der Waals surface area contributed by atoms with Gasteiger partial charge in [-0.3, -0.25) is 4.68 Å². The van der Waals surface area contributed by atoms with Gasteiger partial charge in [-0.25, -0.2) is 0 Å². The van der Waals surface area contributed by atoms with Crippen molar-refractivity contribution < 1.29 is 0 Å². The molecule has 0 aliphatic heterocycles. The maximum absolute atomic E-state index is 4.44. The summed E-state index contributed by atoms with van der Waals surface area (Å²) in [5.74, 6) is 0. The molecule has 0 atom stereocenters. The molecule has 0 fully saturated rings. The van der Waals surface area contributed by atoms with Crippen LogP contribution in [0.1, 0.15) is 5.56 Å². The molecule has 0 saturated heterocycles. The number of rotatable bonds is 3. The highest BCUT2D eigenvalue weighted by atomic mass is 79.9. The molecule has 1 aromatic heterocycles. The Morgan fingerprint density at radius 3 is 2.45 bits per heavy atom. The van der Waals surface area contributed by atoms with Gasteiger partial charge in [0.1, 0.15) is 0 Å². The second kappa shape index (κ2) is 5.94. The Kier molecular flexibility index (Phi) is 4.03. The summed E-state index contributed by atoms with van der Waals surface area (Å²) in [5, 5.41) is 4.44. The fourth-order valence-electron chi connectivity index (χ4n) is 2.06. The van der Waals surface area contributed by atoms with Gasteiger partial charge in [-0.1, -0.05) is 62.2 Å². The van der Waals surface area contributed by atoms with Crippen LogP contribution in [0.4, 0.5) is 0 Å². The third kappa shape index (κ3) is 3.02. The van der Waals surface area contributed by atoms with Crippen molar-refractivity contribution in [2.75, 3.05) is 0 Å². The summed E-state index contributed by atoms with van der Waals surface area (Å²) in [6.45, 7) is 0.776. The molecule has 2 aromatic carbocycles. The minimum absolute atomic E-state index is 0.776. The van der Waals surface area contributed by atoms with Gasteiger partial charge >= 0.3 is 0 Å². The molecule has 0 N–H and O–H groups in total. The van der Waals surface area contributed by atoms with E-state index >= 15 is 0 Å². The van der Waals surface area contributed by atoms with Crippen LogP contribution in [0.25, 0.3) is 11.1 Å². The van der Waals surface area contributed by atoms with Crippen LogP contribution in [0.3, 0.4) is 0 Å². The summed E-state index contributed by atoms with van der Waals surface area (Å²) in [4.78, 5) is 0. The normalized spacial score (nSPS) is 10.7. The SMILES string of the molecule is Brc1ccc(Cn2cc(-c3ccccc3Br)cn2)cc1. The molecule has 1 heterocycles. The first-order valence-electron chi connectivity index (χ1n) is 6.24. The van der Waals surface area contributed by atoms with Crippen molar-refractivity contribution in [3.05, 3.63) is 75.4 Å². The molecule has 0 unspecified atom stereocenters.